The van der Waals surface area contributed by atoms with Gasteiger partial charge in [-0.15, -0.1) is 0 Å². The molecule has 0 aromatic carbocycles. The zero-order valence-electron chi connectivity index (χ0n) is 11.2. The molecule has 1 aliphatic carbocycles. The van der Waals surface area contributed by atoms with Crippen molar-refractivity contribution in [1.82, 2.24) is 20.1 Å². The van der Waals surface area contributed by atoms with Crippen molar-refractivity contribution in [2.24, 2.45) is 0 Å². The van der Waals surface area contributed by atoms with Crippen LogP contribution in [-0.2, 0) is 0 Å². The molecule has 1 fully saturated rings. The molecule has 6 nitrogen and oxygen atoms in total. The minimum Gasteiger partial charge on any atom is -0.504 e. The maximum atomic E-state index is 9.84. The third kappa shape index (κ3) is 2.63. The Morgan fingerprint density at radius 2 is 2.05 bits per heavy atom. The first-order valence-electron chi connectivity index (χ1n) is 6.72. The highest BCUT2D eigenvalue weighted by molar-refractivity contribution is 7.98. The van der Waals surface area contributed by atoms with Gasteiger partial charge in [0.2, 0.25) is 0 Å². The summed E-state index contributed by atoms with van der Waals surface area (Å²) in [6, 6.07) is 0. The maximum Gasteiger partial charge on any atom is 0.280 e. The fourth-order valence-corrected chi connectivity index (χ4v) is 2.81. The van der Waals surface area contributed by atoms with Gasteiger partial charge in [0.25, 0.3) is 5.89 Å². The smallest absolute Gasteiger partial charge is 0.280 e. The van der Waals surface area contributed by atoms with E-state index in [0.717, 1.165) is 18.7 Å². The van der Waals surface area contributed by atoms with E-state index in [1.165, 1.54) is 37.2 Å². The Morgan fingerprint density at radius 3 is 2.80 bits per heavy atom. The molecule has 106 valence electrons. The van der Waals surface area contributed by atoms with Crippen molar-refractivity contribution < 1.29 is 9.63 Å². The quantitative estimate of drug-likeness (QED) is 0.687. The highest BCUT2D eigenvalue weighted by Gasteiger charge is 2.23. The molecule has 1 aliphatic rings. The molecule has 0 unspecified atom stereocenters. The van der Waals surface area contributed by atoms with Gasteiger partial charge in [-0.2, -0.15) is 4.98 Å². The summed E-state index contributed by atoms with van der Waals surface area (Å²) < 4.78 is 5.26. The monoisotopic (exact) mass is 292 g/mol. The van der Waals surface area contributed by atoms with E-state index in [1.807, 2.05) is 6.26 Å². The van der Waals surface area contributed by atoms with Crippen molar-refractivity contribution in [2.75, 3.05) is 6.26 Å². The number of rotatable bonds is 3. The Bertz CT molecular complexity index is 596. The molecule has 20 heavy (non-hydrogen) atoms. The first kappa shape index (κ1) is 13.4. The fraction of sp³-hybridized carbons (Fsp3) is 0.538. The number of aromatic nitrogens is 4. The van der Waals surface area contributed by atoms with Gasteiger partial charge in [0.15, 0.2) is 22.4 Å². The summed E-state index contributed by atoms with van der Waals surface area (Å²) in [5.41, 5.74) is 0.305. The average molecular weight is 292 g/mol. The number of hydrogen-bond donors (Lipinski definition) is 1. The highest BCUT2D eigenvalue weighted by atomic mass is 32.2. The Labute approximate surface area is 121 Å². The number of aromatic hydroxyl groups is 1. The number of thioether (sulfide) groups is 1. The molecular formula is C13H16N4O2S. The van der Waals surface area contributed by atoms with Crippen molar-refractivity contribution in [1.29, 1.82) is 0 Å². The molecule has 2 heterocycles. The minimum absolute atomic E-state index is 0.0401. The third-order valence-corrected chi connectivity index (χ3v) is 4.11. The van der Waals surface area contributed by atoms with Crippen LogP contribution in [0.5, 0.6) is 5.75 Å². The predicted octanol–water partition coefficient (Wildman–Crippen LogP) is 3.00. The van der Waals surface area contributed by atoms with E-state index < -0.39 is 0 Å². The minimum atomic E-state index is -0.0401. The molecule has 0 saturated heterocycles. The van der Waals surface area contributed by atoms with E-state index in [0.29, 0.717) is 16.8 Å². The molecule has 0 amide bonds. The van der Waals surface area contributed by atoms with Crippen molar-refractivity contribution in [3.05, 3.63) is 12.0 Å². The van der Waals surface area contributed by atoms with Crippen molar-refractivity contribution in [3.8, 4) is 17.3 Å². The van der Waals surface area contributed by atoms with E-state index in [2.05, 4.69) is 20.1 Å². The molecule has 0 atom stereocenters. The molecule has 2 aromatic heterocycles. The van der Waals surface area contributed by atoms with Crippen LogP contribution in [0.3, 0.4) is 0 Å². The van der Waals surface area contributed by atoms with Crippen LogP contribution in [0.4, 0.5) is 0 Å². The van der Waals surface area contributed by atoms with Crippen LogP contribution >= 0.6 is 11.8 Å². The van der Waals surface area contributed by atoms with Gasteiger partial charge in [0.1, 0.15) is 0 Å². The molecule has 1 N–H and O–H groups in total. The summed E-state index contributed by atoms with van der Waals surface area (Å²) >= 11 is 1.40. The second-order valence-corrected chi connectivity index (χ2v) is 5.66. The lowest BCUT2D eigenvalue weighted by molar-refractivity contribution is 0.383. The standard InChI is InChI=1S/C13H16N4O2S/c1-20-13-14-7-9(18)10(15-13)12-16-11(17-19-12)8-5-3-2-4-6-8/h7-8,18H,2-6H2,1H3. The van der Waals surface area contributed by atoms with Gasteiger partial charge in [-0.05, 0) is 19.1 Å². The lowest BCUT2D eigenvalue weighted by atomic mass is 9.89. The van der Waals surface area contributed by atoms with Gasteiger partial charge in [0, 0.05) is 5.92 Å². The van der Waals surface area contributed by atoms with Gasteiger partial charge < -0.3 is 9.63 Å². The number of nitrogens with zero attached hydrogens (tertiary/aromatic N) is 4. The second-order valence-electron chi connectivity index (χ2n) is 4.88. The Kier molecular flexibility index (Phi) is 3.86. The average Bonchev–Trinajstić information content (AvgIpc) is 2.98. The Morgan fingerprint density at radius 1 is 1.25 bits per heavy atom. The molecule has 0 radical (unpaired) electrons. The van der Waals surface area contributed by atoms with Crippen LogP contribution in [-0.4, -0.2) is 31.5 Å². The van der Waals surface area contributed by atoms with Crippen LogP contribution < -0.4 is 0 Å². The fourth-order valence-electron chi connectivity index (χ4n) is 2.47. The van der Waals surface area contributed by atoms with Gasteiger partial charge in [0.05, 0.1) is 6.20 Å². The topological polar surface area (TPSA) is 84.9 Å². The maximum absolute atomic E-state index is 9.84. The summed E-state index contributed by atoms with van der Waals surface area (Å²) in [5, 5.41) is 14.5. The first-order valence-corrected chi connectivity index (χ1v) is 7.94. The molecule has 0 bridgehead atoms. The molecule has 1 saturated carbocycles. The Hall–Kier alpha value is -1.63. The van der Waals surface area contributed by atoms with E-state index in [4.69, 9.17) is 4.52 Å². The lowest BCUT2D eigenvalue weighted by Gasteiger charge is -2.17. The van der Waals surface area contributed by atoms with Crippen molar-refractivity contribution in [3.63, 3.8) is 0 Å². The lowest BCUT2D eigenvalue weighted by Crippen LogP contribution is -2.06. The molecular weight excluding hydrogens is 276 g/mol. The molecule has 0 spiro atoms. The van der Waals surface area contributed by atoms with Crippen molar-refractivity contribution in [2.45, 2.75) is 43.2 Å². The normalized spacial score (nSPS) is 16.4. The van der Waals surface area contributed by atoms with Crippen LogP contribution in [0.15, 0.2) is 15.9 Å². The molecule has 2 aromatic rings. The van der Waals surface area contributed by atoms with Crippen LogP contribution in [0, 0.1) is 0 Å². The van der Waals surface area contributed by atoms with Crippen LogP contribution in [0.1, 0.15) is 43.8 Å². The summed E-state index contributed by atoms with van der Waals surface area (Å²) in [6.07, 6.45) is 9.14. The zero-order valence-corrected chi connectivity index (χ0v) is 12.1. The first-order chi connectivity index (χ1) is 9.78. The summed E-state index contributed by atoms with van der Waals surface area (Å²) in [5.74, 6) is 1.32. The largest absolute Gasteiger partial charge is 0.504 e. The van der Waals surface area contributed by atoms with Gasteiger partial charge in [-0.3, -0.25) is 0 Å². The predicted molar refractivity (Wildman–Crippen MR) is 74.6 cm³/mol. The van der Waals surface area contributed by atoms with Crippen molar-refractivity contribution >= 4 is 11.8 Å². The Balaban J connectivity index is 1.89. The van der Waals surface area contributed by atoms with Crippen LogP contribution in [0.25, 0.3) is 11.6 Å². The van der Waals surface area contributed by atoms with E-state index in [-0.39, 0.29) is 11.6 Å². The number of hydrogen-bond acceptors (Lipinski definition) is 7. The molecule has 3 rings (SSSR count). The van der Waals surface area contributed by atoms with Crippen LogP contribution in [0.2, 0.25) is 0 Å². The SMILES string of the molecule is CSc1ncc(O)c(-c2nc(C3CCCCC3)no2)n1. The van der Waals surface area contributed by atoms with E-state index in [1.54, 1.807) is 0 Å². The van der Waals surface area contributed by atoms with Gasteiger partial charge in [-0.25, -0.2) is 9.97 Å². The van der Waals surface area contributed by atoms with Gasteiger partial charge >= 0.3 is 0 Å². The molecule has 0 aliphatic heterocycles. The summed E-state index contributed by atoms with van der Waals surface area (Å²) in [4.78, 5) is 12.6. The summed E-state index contributed by atoms with van der Waals surface area (Å²) in [6.45, 7) is 0. The third-order valence-electron chi connectivity index (χ3n) is 3.54. The summed E-state index contributed by atoms with van der Waals surface area (Å²) in [7, 11) is 0. The highest BCUT2D eigenvalue weighted by Crippen LogP contribution is 2.33. The molecule has 7 heteroatoms. The van der Waals surface area contributed by atoms with E-state index in [9.17, 15) is 5.11 Å². The second kappa shape index (κ2) is 5.78. The van der Waals surface area contributed by atoms with E-state index >= 15 is 0 Å². The van der Waals surface area contributed by atoms with Gasteiger partial charge in [-0.1, -0.05) is 36.2 Å². The zero-order chi connectivity index (χ0) is 13.9.